The number of aryl methyl sites for hydroxylation is 1. The summed E-state index contributed by atoms with van der Waals surface area (Å²) in [6.07, 6.45) is 1.34. The summed E-state index contributed by atoms with van der Waals surface area (Å²) in [5.74, 6) is -0.848. The number of carbonyl (C=O) groups is 2. The molecule has 2 aromatic rings. The molecule has 2 rings (SSSR count). The molecule has 0 heterocycles. The van der Waals surface area contributed by atoms with Gasteiger partial charge in [-0.3, -0.25) is 13.9 Å². The van der Waals surface area contributed by atoms with Crippen LogP contribution in [-0.4, -0.2) is 49.5 Å². The zero-order chi connectivity index (χ0) is 26.6. The van der Waals surface area contributed by atoms with Crippen LogP contribution in [0.3, 0.4) is 0 Å². The lowest BCUT2D eigenvalue weighted by Crippen LogP contribution is -2.55. The van der Waals surface area contributed by atoms with Gasteiger partial charge in [-0.05, 0) is 63.4 Å². The van der Waals surface area contributed by atoms with Gasteiger partial charge in [-0.25, -0.2) is 8.42 Å². The van der Waals surface area contributed by atoms with Gasteiger partial charge in [0.15, 0.2) is 0 Å². The van der Waals surface area contributed by atoms with E-state index in [1.54, 1.807) is 0 Å². The molecule has 2 amide bonds. The maximum Gasteiger partial charge on any atom is 0.244 e. The Balaban J connectivity index is 2.52. The predicted octanol–water partition coefficient (Wildman–Crippen LogP) is 4.79. The number of anilines is 1. The quantitative estimate of drug-likeness (QED) is 0.494. The summed E-state index contributed by atoms with van der Waals surface area (Å²) in [7, 11) is -3.91. The van der Waals surface area contributed by atoms with E-state index in [0.29, 0.717) is 6.42 Å². The van der Waals surface area contributed by atoms with Crippen molar-refractivity contribution in [2.75, 3.05) is 17.1 Å². The largest absolute Gasteiger partial charge is 0.350 e. The number of benzene rings is 2. The third-order valence-corrected chi connectivity index (χ3v) is 7.02. The van der Waals surface area contributed by atoms with Gasteiger partial charge in [-0.2, -0.15) is 0 Å². The first kappa shape index (κ1) is 28.9. The average Bonchev–Trinajstić information content (AvgIpc) is 2.73. The van der Waals surface area contributed by atoms with Gasteiger partial charge in [-0.15, -0.1) is 0 Å². The lowest BCUT2D eigenvalue weighted by atomic mass is 10.0. The van der Waals surface area contributed by atoms with Gasteiger partial charge < -0.3 is 10.2 Å². The van der Waals surface area contributed by atoms with Crippen molar-refractivity contribution in [1.82, 2.24) is 10.2 Å². The van der Waals surface area contributed by atoms with Crippen LogP contribution in [0.4, 0.5) is 5.69 Å². The number of hydrogen-bond acceptors (Lipinski definition) is 4. The molecule has 2 aromatic carbocycles. The van der Waals surface area contributed by atoms with Crippen molar-refractivity contribution in [3.8, 4) is 0 Å². The molecule has 0 saturated carbocycles. The highest BCUT2D eigenvalue weighted by molar-refractivity contribution is 7.92. The molecule has 0 saturated heterocycles. The van der Waals surface area contributed by atoms with Crippen LogP contribution in [0.25, 0.3) is 0 Å². The Morgan fingerprint density at radius 2 is 1.71 bits per heavy atom. The molecule has 0 aliphatic carbocycles. The summed E-state index contributed by atoms with van der Waals surface area (Å²) in [6.45, 7) is 8.91. The predicted molar refractivity (Wildman–Crippen MR) is 142 cm³/mol. The molecule has 35 heavy (non-hydrogen) atoms. The average molecular weight is 543 g/mol. The van der Waals surface area contributed by atoms with E-state index in [4.69, 9.17) is 23.2 Å². The normalized spacial score (nSPS) is 12.7. The minimum atomic E-state index is -3.91. The second-order valence-corrected chi connectivity index (χ2v) is 12.2. The van der Waals surface area contributed by atoms with Crippen molar-refractivity contribution in [2.24, 2.45) is 0 Å². The minimum Gasteiger partial charge on any atom is -0.350 e. The van der Waals surface area contributed by atoms with Gasteiger partial charge in [0.1, 0.15) is 12.6 Å². The first-order valence-corrected chi connectivity index (χ1v) is 13.8. The summed E-state index contributed by atoms with van der Waals surface area (Å²) in [4.78, 5) is 28.3. The number of carbonyl (C=O) groups excluding carboxylic acids is 2. The van der Waals surface area contributed by atoms with Crippen molar-refractivity contribution in [3.63, 3.8) is 0 Å². The highest BCUT2D eigenvalue weighted by atomic mass is 35.5. The minimum absolute atomic E-state index is 0.0954. The number of sulfonamides is 1. The number of nitrogens with one attached hydrogen (secondary N) is 1. The van der Waals surface area contributed by atoms with Gasteiger partial charge in [0.05, 0.1) is 17.0 Å². The molecular formula is C25H33Cl2N3O4S. The molecule has 0 bridgehead atoms. The molecule has 0 aliphatic rings. The molecule has 10 heteroatoms. The second kappa shape index (κ2) is 11.6. The molecule has 0 fully saturated rings. The Hall–Kier alpha value is -2.29. The zero-order valence-corrected chi connectivity index (χ0v) is 23.3. The van der Waals surface area contributed by atoms with Crippen molar-refractivity contribution in [3.05, 3.63) is 63.6 Å². The molecule has 7 nitrogen and oxygen atoms in total. The Morgan fingerprint density at radius 1 is 1.09 bits per heavy atom. The fraction of sp³-hybridized carbons (Fsp3) is 0.440. The zero-order valence-electron chi connectivity index (χ0n) is 20.9. The maximum atomic E-state index is 13.7. The molecule has 192 valence electrons. The molecule has 0 radical (unpaired) electrons. The number of halogens is 2. The first-order valence-electron chi connectivity index (χ1n) is 11.2. The monoisotopic (exact) mass is 541 g/mol. The summed E-state index contributed by atoms with van der Waals surface area (Å²) in [5.41, 5.74) is 1.40. The molecule has 1 atom stereocenters. The number of hydrogen-bond donors (Lipinski definition) is 1. The van der Waals surface area contributed by atoms with Crippen LogP contribution in [0.15, 0.2) is 42.5 Å². The topological polar surface area (TPSA) is 86.8 Å². The van der Waals surface area contributed by atoms with Crippen molar-refractivity contribution in [2.45, 2.75) is 59.2 Å². The fourth-order valence-corrected chi connectivity index (χ4v) is 4.90. The van der Waals surface area contributed by atoms with E-state index in [9.17, 15) is 18.0 Å². The van der Waals surface area contributed by atoms with Crippen molar-refractivity contribution in [1.29, 1.82) is 0 Å². The van der Waals surface area contributed by atoms with Gasteiger partial charge >= 0.3 is 0 Å². The van der Waals surface area contributed by atoms with E-state index in [1.807, 2.05) is 58.9 Å². The Labute approximate surface area is 218 Å². The highest BCUT2D eigenvalue weighted by Crippen LogP contribution is 2.31. The molecular weight excluding hydrogens is 509 g/mol. The summed E-state index contributed by atoms with van der Waals surface area (Å²) in [5, 5.41) is 3.35. The van der Waals surface area contributed by atoms with E-state index in [-0.39, 0.29) is 28.2 Å². The molecule has 0 aliphatic heterocycles. The summed E-state index contributed by atoms with van der Waals surface area (Å²) >= 11 is 12.4. The van der Waals surface area contributed by atoms with Crippen LogP contribution in [-0.2, 0) is 26.2 Å². The van der Waals surface area contributed by atoms with E-state index in [2.05, 4.69) is 5.32 Å². The molecule has 0 aromatic heterocycles. The van der Waals surface area contributed by atoms with Crippen LogP contribution < -0.4 is 9.62 Å². The van der Waals surface area contributed by atoms with Crippen LogP contribution in [0.5, 0.6) is 0 Å². The van der Waals surface area contributed by atoms with E-state index < -0.39 is 34.1 Å². The highest BCUT2D eigenvalue weighted by Gasteiger charge is 2.33. The second-order valence-electron chi connectivity index (χ2n) is 9.48. The van der Waals surface area contributed by atoms with Crippen LogP contribution in [0.2, 0.25) is 10.0 Å². The Bertz CT molecular complexity index is 1180. The van der Waals surface area contributed by atoms with E-state index >= 15 is 0 Å². The van der Waals surface area contributed by atoms with Crippen LogP contribution in [0.1, 0.15) is 45.2 Å². The van der Waals surface area contributed by atoms with Crippen LogP contribution in [0, 0.1) is 6.92 Å². The van der Waals surface area contributed by atoms with Gasteiger partial charge in [0, 0.05) is 17.1 Å². The van der Waals surface area contributed by atoms with Crippen molar-refractivity contribution >= 4 is 50.7 Å². The van der Waals surface area contributed by atoms with Gasteiger partial charge in [0.25, 0.3) is 0 Å². The third kappa shape index (κ3) is 8.12. The van der Waals surface area contributed by atoms with Gasteiger partial charge in [0.2, 0.25) is 21.8 Å². The number of amides is 2. The smallest absolute Gasteiger partial charge is 0.244 e. The lowest BCUT2D eigenvalue weighted by Gasteiger charge is -2.35. The Morgan fingerprint density at radius 3 is 2.26 bits per heavy atom. The van der Waals surface area contributed by atoms with Crippen LogP contribution >= 0.6 is 23.2 Å². The Kier molecular flexibility index (Phi) is 9.62. The maximum absolute atomic E-state index is 13.7. The fourth-order valence-electron chi connectivity index (χ4n) is 3.62. The van der Waals surface area contributed by atoms with Gasteiger partial charge in [-0.1, -0.05) is 54.4 Å². The lowest BCUT2D eigenvalue weighted by molar-refractivity contribution is -0.141. The third-order valence-electron chi connectivity index (χ3n) is 5.34. The molecule has 0 spiro atoms. The number of nitrogens with zero attached hydrogens (tertiary/aromatic N) is 2. The van der Waals surface area contributed by atoms with Crippen molar-refractivity contribution < 1.29 is 18.0 Å². The molecule has 0 unspecified atom stereocenters. The van der Waals surface area contributed by atoms with E-state index in [0.717, 1.165) is 21.7 Å². The summed E-state index contributed by atoms with van der Waals surface area (Å²) < 4.78 is 26.3. The summed E-state index contributed by atoms with van der Waals surface area (Å²) in [6, 6.07) is 11.1. The first-order chi connectivity index (χ1) is 16.1. The SMILES string of the molecule is CC[C@H](C(=O)NC(C)(C)C)N(Cc1ccccc1C)C(=O)CN(c1cc(Cl)ccc1Cl)S(C)(=O)=O. The molecule has 1 N–H and O–H groups in total. The van der Waals surface area contributed by atoms with E-state index in [1.165, 1.54) is 23.1 Å². The standard InChI is InChI=1S/C25H33Cl2N3O4S/c1-7-21(24(32)28-25(3,4)5)29(15-18-11-9-8-10-17(18)2)23(31)16-30(35(6,33)34)22-14-19(26)12-13-20(22)27/h8-14,21H,7,15-16H2,1-6H3,(H,28,32)/t21-/m1/s1. The number of rotatable bonds is 9.